The summed E-state index contributed by atoms with van der Waals surface area (Å²) in [5, 5.41) is 19.6. The smallest absolute Gasteiger partial charge is 0.287 e. The van der Waals surface area contributed by atoms with E-state index < -0.39 is 4.92 Å². The lowest BCUT2D eigenvalue weighted by Crippen LogP contribution is -2.11. The summed E-state index contributed by atoms with van der Waals surface area (Å²) >= 11 is 0. The fraction of sp³-hybridized carbons (Fsp3) is 0.533. The molecule has 1 atom stereocenters. The highest BCUT2D eigenvalue weighted by molar-refractivity contribution is 5.52. The Kier molecular flexibility index (Phi) is 6.51. The fourth-order valence-corrected chi connectivity index (χ4v) is 1.99. The number of ether oxygens (including phenoxy) is 1. The molecule has 0 bridgehead atoms. The van der Waals surface area contributed by atoms with Crippen molar-refractivity contribution in [3.63, 3.8) is 0 Å². The maximum absolute atomic E-state index is 10.7. The third-order valence-electron chi connectivity index (χ3n) is 3.09. The van der Waals surface area contributed by atoms with Crippen LogP contribution in [0, 0.1) is 21.4 Å². The molecular formula is C15H20N2O3. The molecule has 0 aliphatic heterocycles. The van der Waals surface area contributed by atoms with Crippen LogP contribution in [0.3, 0.4) is 0 Å². The monoisotopic (exact) mass is 276 g/mol. The molecule has 0 aliphatic rings. The van der Waals surface area contributed by atoms with Gasteiger partial charge in [-0.1, -0.05) is 26.2 Å². The molecule has 0 saturated carbocycles. The molecule has 1 aromatic carbocycles. The molecule has 0 aliphatic carbocycles. The van der Waals surface area contributed by atoms with Crippen molar-refractivity contribution in [2.75, 3.05) is 0 Å². The molecule has 0 saturated heterocycles. The van der Waals surface area contributed by atoms with Gasteiger partial charge >= 0.3 is 0 Å². The minimum Gasteiger partial charge on any atom is -0.491 e. The highest BCUT2D eigenvalue weighted by Crippen LogP contribution is 2.24. The van der Waals surface area contributed by atoms with Gasteiger partial charge in [-0.05, 0) is 25.8 Å². The quantitative estimate of drug-likeness (QED) is 0.405. The summed E-state index contributed by atoms with van der Waals surface area (Å²) in [4.78, 5) is 10.2. The Morgan fingerprint density at radius 1 is 1.40 bits per heavy atom. The zero-order chi connectivity index (χ0) is 15.0. The van der Waals surface area contributed by atoms with Gasteiger partial charge in [-0.3, -0.25) is 10.1 Å². The van der Waals surface area contributed by atoms with Gasteiger partial charge in [0, 0.05) is 12.1 Å². The Morgan fingerprint density at radius 2 is 2.15 bits per heavy atom. The van der Waals surface area contributed by atoms with Crippen molar-refractivity contribution < 1.29 is 9.66 Å². The number of nitriles is 1. The van der Waals surface area contributed by atoms with E-state index >= 15 is 0 Å². The Morgan fingerprint density at radius 3 is 2.75 bits per heavy atom. The molecule has 0 spiro atoms. The molecule has 0 fully saturated rings. The van der Waals surface area contributed by atoms with Crippen LogP contribution in [0.5, 0.6) is 5.75 Å². The minimum absolute atomic E-state index is 0.0330. The maximum Gasteiger partial charge on any atom is 0.287 e. The van der Waals surface area contributed by atoms with Crippen molar-refractivity contribution in [3.05, 3.63) is 33.9 Å². The topological polar surface area (TPSA) is 76.2 Å². The molecule has 5 nitrogen and oxygen atoms in total. The van der Waals surface area contributed by atoms with Crippen molar-refractivity contribution >= 4 is 5.69 Å². The second-order valence-corrected chi connectivity index (χ2v) is 4.83. The van der Waals surface area contributed by atoms with Crippen molar-refractivity contribution in [1.29, 1.82) is 5.26 Å². The first kappa shape index (κ1) is 16.0. The molecule has 1 unspecified atom stereocenters. The van der Waals surface area contributed by atoms with E-state index in [4.69, 9.17) is 10.00 Å². The normalized spacial score (nSPS) is 11.7. The zero-order valence-electron chi connectivity index (χ0n) is 12.0. The number of nitro groups is 1. The lowest BCUT2D eigenvalue weighted by Gasteiger charge is -2.14. The Bertz CT molecular complexity index is 494. The Balaban J connectivity index is 2.60. The molecule has 0 radical (unpaired) electrons. The van der Waals surface area contributed by atoms with E-state index in [9.17, 15) is 10.1 Å². The molecule has 0 amide bonds. The van der Waals surface area contributed by atoms with Crippen LogP contribution < -0.4 is 4.74 Å². The van der Waals surface area contributed by atoms with Crippen LogP contribution >= 0.6 is 0 Å². The van der Waals surface area contributed by atoms with Crippen molar-refractivity contribution in [3.8, 4) is 11.8 Å². The molecular weight excluding hydrogens is 256 g/mol. The second-order valence-electron chi connectivity index (χ2n) is 4.83. The van der Waals surface area contributed by atoms with E-state index in [1.807, 2.05) is 13.0 Å². The van der Waals surface area contributed by atoms with Gasteiger partial charge in [0.25, 0.3) is 5.69 Å². The van der Waals surface area contributed by atoms with Gasteiger partial charge in [0.2, 0.25) is 0 Å². The SMILES string of the molecule is CCCCCCC(C)Oc1ccc([N+](=O)[O-])c(C#N)c1. The summed E-state index contributed by atoms with van der Waals surface area (Å²) in [7, 11) is 0. The van der Waals surface area contributed by atoms with Gasteiger partial charge in [0.1, 0.15) is 17.4 Å². The highest BCUT2D eigenvalue weighted by Gasteiger charge is 2.15. The summed E-state index contributed by atoms with van der Waals surface area (Å²) in [6.07, 6.45) is 5.70. The van der Waals surface area contributed by atoms with Crippen LogP contribution in [0.15, 0.2) is 18.2 Å². The van der Waals surface area contributed by atoms with Crippen LogP contribution in [0.1, 0.15) is 51.5 Å². The molecule has 1 rings (SSSR count). The average Bonchev–Trinajstić information content (AvgIpc) is 2.43. The summed E-state index contributed by atoms with van der Waals surface area (Å²) in [5.41, 5.74) is -0.152. The molecule has 0 heterocycles. The first-order chi connectivity index (χ1) is 9.58. The highest BCUT2D eigenvalue weighted by atomic mass is 16.6. The number of unbranched alkanes of at least 4 members (excludes halogenated alkanes) is 3. The third kappa shape index (κ3) is 4.88. The Labute approximate surface area is 119 Å². The van der Waals surface area contributed by atoms with Gasteiger partial charge in [-0.25, -0.2) is 0 Å². The predicted molar refractivity (Wildman–Crippen MR) is 76.7 cm³/mol. The van der Waals surface area contributed by atoms with Crippen LogP contribution in [0.4, 0.5) is 5.69 Å². The molecule has 108 valence electrons. The van der Waals surface area contributed by atoms with Gasteiger partial charge in [0.15, 0.2) is 0 Å². The zero-order valence-corrected chi connectivity index (χ0v) is 12.0. The van der Waals surface area contributed by atoms with Crippen LogP contribution in [0.2, 0.25) is 0 Å². The van der Waals surface area contributed by atoms with Gasteiger partial charge in [-0.15, -0.1) is 0 Å². The number of nitrogens with zero attached hydrogens (tertiary/aromatic N) is 2. The number of hydrogen-bond acceptors (Lipinski definition) is 4. The summed E-state index contributed by atoms with van der Waals surface area (Å²) in [6.45, 7) is 4.14. The number of nitro benzene ring substituents is 1. The Hall–Kier alpha value is -2.09. The van der Waals surface area contributed by atoms with Crippen molar-refractivity contribution in [2.24, 2.45) is 0 Å². The molecule has 5 heteroatoms. The first-order valence-electron chi connectivity index (χ1n) is 6.93. The van der Waals surface area contributed by atoms with Gasteiger partial charge < -0.3 is 4.74 Å². The number of rotatable bonds is 8. The van der Waals surface area contributed by atoms with Crippen LogP contribution in [-0.4, -0.2) is 11.0 Å². The van der Waals surface area contributed by atoms with E-state index in [0.717, 1.165) is 12.8 Å². The van der Waals surface area contributed by atoms with Crippen LogP contribution in [-0.2, 0) is 0 Å². The summed E-state index contributed by atoms with van der Waals surface area (Å²) < 4.78 is 5.70. The third-order valence-corrected chi connectivity index (χ3v) is 3.09. The lowest BCUT2D eigenvalue weighted by atomic mass is 10.1. The molecule has 1 aromatic rings. The summed E-state index contributed by atoms with van der Waals surface area (Å²) in [5.74, 6) is 0.509. The second kappa shape index (κ2) is 8.16. The average molecular weight is 276 g/mol. The fourth-order valence-electron chi connectivity index (χ4n) is 1.99. The molecule has 0 aromatic heterocycles. The first-order valence-corrected chi connectivity index (χ1v) is 6.93. The van der Waals surface area contributed by atoms with Gasteiger partial charge in [-0.2, -0.15) is 5.26 Å². The van der Waals surface area contributed by atoms with Gasteiger partial charge in [0.05, 0.1) is 11.0 Å². The molecule has 20 heavy (non-hydrogen) atoms. The van der Waals surface area contributed by atoms with Crippen molar-refractivity contribution in [2.45, 2.75) is 52.1 Å². The maximum atomic E-state index is 10.7. The molecule has 0 N–H and O–H groups in total. The number of benzene rings is 1. The van der Waals surface area contributed by atoms with E-state index in [2.05, 4.69) is 6.92 Å². The van der Waals surface area contributed by atoms with Crippen molar-refractivity contribution in [1.82, 2.24) is 0 Å². The largest absolute Gasteiger partial charge is 0.491 e. The van der Waals surface area contributed by atoms with E-state index in [1.165, 1.54) is 31.4 Å². The standard InChI is InChI=1S/C15H20N2O3/c1-3-4-5-6-7-12(2)20-14-8-9-15(17(18)19)13(10-14)11-16/h8-10,12H,3-7H2,1-2H3. The van der Waals surface area contributed by atoms with E-state index in [-0.39, 0.29) is 17.4 Å². The summed E-state index contributed by atoms with van der Waals surface area (Å²) in [6, 6.07) is 6.12. The number of hydrogen-bond donors (Lipinski definition) is 0. The lowest BCUT2D eigenvalue weighted by molar-refractivity contribution is -0.385. The minimum atomic E-state index is -0.559. The predicted octanol–water partition coefficient (Wildman–Crippen LogP) is 4.20. The van der Waals surface area contributed by atoms with Crippen LogP contribution in [0.25, 0.3) is 0 Å². The van der Waals surface area contributed by atoms with E-state index in [0.29, 0.717) is 5.75 Å². The van der Waals surface area contributed by atoms with E-state index in [1.54, 1.807) is 6.07 Å².